The number of benzene rings is 1. The van der Waals surface area contributed by atoms with Gasteiger partial charge in [-0.25, -0.2) is 13.4 Å². The smallest absolute Gasteiger partial charge is 0.243 e. The van der Waals surface area contributed by atoms with E-state index in [1.807, 2.05) is 18.2 Å². The number of sulfonamides is 1. The lowest BCUT2D eigenvalue weighted by atomic mass is 10.0. The molecule has 2 atom stereocenters. The Morgan fingerprint density at radius 3 is 2.23 bits per heavy atom. The van der Waals surface area contributed by atoms with E-state index in [-0.39, 0.29) is 4.90 Å². The Morgan fingerprint density at radius 1 is 1.04 bits per heavy atom. The van der Waals surface area contributed by atoms with Gasteiger partial charge in [0.15, 0.2) is 0 Å². The molecule has 2 aliphatic heterocycles. The minimum atomic E-state index is -3.51. The second-order valence-corrected chi connectivity index (χ2v) is 9.57. The fraction of sp³-hybridized carbons (Fsp3) is 0.333. The highest BCUT2D eigenvalue weighted by atomic mass is 79.9. The van der Waals surface area contributed by atoms with Gasteiger partial charge in [0.1, 0.15) is 5.82 Å². The van der Waals surface area contributed by atoms with E-state index in [1.165, 1.54) is 12.1 Å². The van der Waals surface area contributed by atoms with Crippen molar-refractivity contribution in [3.05, 3.63) is 52.6 Å². The van der Waals surface area contributed by atoms with E-state index in [0.717, 1.165) is 23.4 Å². The molecule has 1 aromatic heterocycles. The molecule has 2 saturated heterocycles. The van der Waals surface area contributed by atoms with E-state index in [4.69, 9.17) is 5.26 Å². The average molecular weight is 433 g/mol. The Morgan fingerprint density at radius 2 is 1.69 bits per heavy atom. The Kier molecular flexibility index (Phi) is 4.47. The van der Waals surface area contributed by atoms with Crippen molar-refractivity contribution < 1.29 is 8.42 Å². The molecule has 2 aromatic rings. The van der Waals surface area contributed by atoms with Gasteiger partial charge in [-0.05, 0) is 64.2 Å². The third-order valence-corrected chi connectivity index (χ3v) is 7.42. The number of fused-ring (bicyclic) bond motifs is 1. The van der Waals surface area contributed by atoms with Gasteiger partial charge >= 0.3 is 0 Å². The van der Waals surface area contributed by atoms with Crippen molar-refractivity contribution >= 4 is 31.8 Å². The number of nitriles is 1. The number of halogens is 1. The molecule has 0 saturated carbocycles. The number of pyridine rings is 1. The largest absolute Gasteiger partial charge is 0.356 e. The predicted molar refractivity (Wildman–Crippen MR) is 101 cm³/mol. The van der Waals surface area contributed by atoms with Gasteiger partial charge in [0, 0.05) is 36.8 Å². The lowest BCUT2D eigenvalue weighted by Gasteiger charge is -2.22. The van der Waals surface area contributed by atoms with E-state index in [0.29, 0.717) is 30.5 Å². The summed E-state index contributed by atoms with van der Waals surface area (Å²) in [6.45, 7) is 2.69. The zero-order valence-electron chi connectivity index (χ0n) is 13.9. The van der Waals surface area contributed by atoms with Crippen LogP contribution in [0.5, 0.6) is 0 Å². The van der Waals surface area contributed by atoms with Crippen LogP contribution in [0, 0.1) is 23.2 Å². The lowest BCUT2D eigenvalue weighted by Crippen LogP contribution is -2.33. The molecule has 2 fully saturated rings. The number of nitrogens with zero attached hydrogens (tertiary/aromatic N) is 4. The summed E-state index contributed by atoms with van der Waals surface area (Å²) in [5.74, 6) is 1.56. The van der Waals surface area contributed by atoms with Gasteiger partial charge < -0.3 is 4.90 Å². The van der Waals surface area contributed by atoms with Crippen LogP contribution in [0.3, 0.4) is 0 Å². The van der Waals surface area contributed by atoms with Crippen LogP contribution in [0.25, 0.3) is 0 Å². The molecule has 0 radical (unpaired) electrons. The normalized spacial score (nSPS) is 23.0. The van der Waals surface area contributed by atoms with E-state index in [2.05, 4.69) is 25.8 Å². The summed E-state index contributed by atoms with van der Waals surface area (Å²) < 4.78 is 28.3. The molecule has 2 unspecified atom stereocenters. The number of anilines is 1. The van der Waals surface area contributed by atoms with Crippen LogP contribution in [0.2, 0.25) is 0 Å². The number of hydrogen-bond acceptors (Lipinski definition) is 5. The number of rotatable bonds is 3. The van der Waals surface area contributed by atoms with Gasteiger partial charge in [-0.3, -0.25) is 0 Å². The molecule has 1 aromatic carbocycles. The van der Waals surface area contributed by atoms with Gasteiger partial charge in [0.2, 0.25) is 10.0 Å². The first-order chi connectivity index (χ1) is 12.5. The lowest BCUT2D eigenvalue weighted by molar-refractivity contribution is 0.453. The summed E-state index contributed by atoms with van der Waals surface area (Å²) in [6, 6.07) is 12.1. The van der Waals surface area contributed by atoms with Gasteiger partial charge in [0.05, 0.1) is 16.5 Å². The first-order valence-electron chi connectivity index (χ1n) is 8.34. The summed E-state index contributed by atoms with van der Waals surface area (Å²) in [4.78, 5) is 6.92. The predicted octanol–water partition coefficient (Wildman–Crippen LogP) is 2.47. The van der Waals surface area contributed by atoms with Crippen molar-refractivity contribution in [2.24, 2.45) is 11.8 Å². The first-order valence-corrected chi connectivity index (χ1v) is 10.6. The zero-order chi connectivity index (χ0) is 18.3. The van der Waals surface area contributed by atoms with Crippen LogP contribution in [-0.4, -0.2) is 43.9 Å². The molecule has 0 N–H and O–H groups in total. The minimum absolute atomic E-state index is 0.253. The van der Waals surface area contributed by atoms with E-state index >= 15 is 0 Å². The Bertz CT molecular complexity index is 940. The molecule has 0 amide bonds. The Labute approximate surface area is 161 Å². The standard InChI is InChI=1S/C18H17BrN4O2S/c19-16-3-6-18(21-8-16)22-9-14-11-23(12-15(14)10-22)26(24,25)17-4-1-13(7-20)2-5-17/h1-6,8,14-15H,9-12H2. The first kappa shape index (κ1) is 17.5. The number of aromatic nitrogens is 1. The molecule has 0 aliphatic carbocycles. The Hall–Kier alpha value is -1.95. The van der Waals surface area contributed by atoms with Crippen molar-refractivity contribution in [3.63, 3.8) is 0 Å². The second-order valence-electron chi connectivity index (χ2n) is 6.72. The summed E-state index contributed by atoms with van der Waals surface area (Å²) in [5, 5.41) is 8.86. The van der Waals surface area contributed by atoms with Crippen LogP contribution in [0.4, 0.5) is 5.82 Å². The zero-order valence-corrected chi connectivity index (χ0v) is 16.3. The fourth-order valence-corrected chi connectivity index (χ4v) is 5.53. The maximum Gasteiger partial charge on any atom is 0.243 e. The van der Waals surface area contributed by atoms with Crippen molar-refractivity contribution in [2.75, 3.05) is 31.1 Å². The van der Waals surface area contributed by atoms with Crippen LogP contribution >= 0.6 is 15.9 Å². The molecular formula is C18H17BrN4O2S. The molecule has 4 rings (SSSR count). The summed E-state index contributed by atoms with van der Waals surface area (Å²) >= 11 is 3.39. The maximum atomic E-state index is 12.9. The van der Waals surface area contributed by atoms with Crippen molar-refractivity contribution in [3.8, 4) is 6.07 Å². The summed E-state index contributed by atoms with van der Waals surface area (Å²) in [6.07, 6.45) is 1.78. The van der Waals surface area contributed by atoms with E-state index in [9.17, 15) is 8.42 Å². The van der Waals surface area contributed by atoms with Crippen LogP contribution in [0.15, 0.2) is 52.0 Å². The van der Waals surface area contributed by atoms with Crippen LogP contribution in [0.1, 0.15) is 5.56 Å². The SMILES string of the molecule is N#Cc1ccc(S(=O)(=O)N2CC3CN(c4ccc(Br)cn4)CC3C2)cc1. The number of hydrogen-bond donors (Lipinski definition) is 0. The molecule has 3 heterocycles. The quantitative estimate of drug-likeness (QED) is 0.744. The van der Waals surface area contributed by atoms with Gasteiger partial charge in [0.25, 0.3) is 0 Å². The minimum Gasteiger partial charge on any atom is -0.356 e. The average Bonchev–Trinajstić information content (AvgIpc) is 3.22. The monoisotopic (exact) mass is 432 g/mol. The fourth-order valence-electron chi connectivity index (χ4n) is 3.74. The third-order valence-electron chi connectivity index (χ3n) is 5.11. The molecule has 6 nitrogen and oxygen atoms in total. The van der Waals surface area contributed by atoms with Crippen molar-refractivity contribution in [2.45, 2.75) is 4.90 Å². The molecule has 0 spiro atoms. The highest BCUT2D eigenvalue weighted by Gasteiger charge is 2.44. The third kappa shape index (κ3) is 3.11. The van der Waals surface area contributed by atoms with E-state index < -0.39 is 10.0 Å². The molecular weight excluding hydrogens is 416 g/mol. The summed E-state index contributed by atoms with van der Waals surface area (Å²) in [7, 11) is -3.51. The molecule has 26 heavy (non-hydrogen) atoms. The second kappa shape index (κ2) is 6.65. The molecule has 8 heteroatoms. The molecule has 2 aliphatic rings. The highest BCUT2D eigenvalue weighted by molar-refractivity contribution is 9.10. The van der Waals surface area contributed by atoms with Crippen LogP contribution in [-0.2, 0) is 10.0 Å². The topological polar surface area (TPSA) is 77.3 Å². The van der Waals surface area contributed by atoms with Crippen molar-refractivity contribution in [1.29, 1.82) is 5.26 Å². The van der Waals surface area contributed by atoms with Gasteiger partial charge in [-0.1, -0.05) is 0 Å². The Balaban J connectivity index is 1.47. The maximum absolute atomic E-state index is 12.9. The van der Waals surface area contributed by atoms with Crippen LogP contribution < -0.4 is 4.90 Å². The molecule has 134 valence electrons. The van der Waals surface area contributed by atoms with Crippen molar-refractivity contribution in [1.82, 2.24) is 9.29 Å². The highest BCUT2D eigenvalue weighted by Crippen LogP contribution is 2.36. The summed E-state index contributed by atoms with van der Waals surface area (Å²) in [5.41, 5.74) is 0.458. The van der Waals surface area contributed by atoms with Gasteiger partial charge in [-0.15, -0.1) is 0 Å². The molecule has 0 bridgehead atoms. The van der Waals surface area contributed by atoms with Gasteiger partial charge in [-0.2, -0.15) is 9.57 Å². The van der Waals surface area contributed by atoms with E-state index in [1.54, 1.807) is 22.6 Å².